The van der Waals surface area contributed by atoms with E-state index < -0.39 is 0 Å². The summed E-state index contributed by atoms with van der Waals surface area (Å²) in [7, 11) is 1.82. The monoisotopic (exact) mass is 313 g/mol. The van der Waals surface area contributed by atoms with Gasteiger partial charge in [0.25, 0.3) is 0 Å². The fourth-order valence-electron chi connectivity index (χ4n) is 2.83. The molecule has 1 saturated heterocycles. The van der Waals surface area contributed by atoms with Crippen molar-refractivity contribution in [1.82, 2.24) is 15.4 Å². The Hall–Kier alpha value is -2.50. The van der Waals surface area contributed by atoms with Crippen LogP contribution in [0.1, 0.15) is 11.3 Å². The number of anilines is 1. The van der Waals surface area contributed by atoms with Gasteiger partial charge in [-0.2, -0.15) is 0 Å². The molecule has 1 N–H and O–H groups in total. The Morgan fingerprint density at radius 1 is 1.26 bits per heavy atom. The van der Waals surface area contributed by atoms with Crippen molar-refractivity contribution in [2.45, 2.75) is 13.5 Å². The molecule has 0 aliphatic carbocycles. The van der Waals surface area contributed by atoms with E-state index in [2.05, 4.69) is 56.5 Å². The highest BCUT2D eigenvalue weighted by Gasteiger charge is 2.19. The summed E-state index contributed by atoms with van der Waals surface area (Å²) in [5.41, 5.74) is 3.48. The standard InChI is InChI=1S/C17H23N5O/c1-14-4-3-5-16(12-14)21-7-9-22(10-8-21)17(18-2)19-13-15-6-11-23-20-15/h3-6,11-12H,7-10,13H2,1-2H3,(H,18,19). The number of nitrogens with zero attached hydrogens (tertiary/aromatic N) is 4. The lowest BCUT2D eigenvalue weighted by molar-refractivity contribution is 0.370. The Morgan fingerprint density at radius 3 is 2.74 bits per heavy atom. The fourth-order valence-corrected chi connectivity index (χ4v) is 2.83. The van der Waals surface area contributed by atoms with Crippen LogP contribution < -0.4 is 10.2 Å². The fraction of sp³-hybridized carbons (Fsp3) is 0.412. The van der Waals surface area contributed by atoms with Gasteiger partial charge in [0.1, 0.15) is 12.0 Å². The summed E-state index contributed by atoms with van der Waals surface area (Å²) in [5, 5.41) is 7.25. The van der Waals surface area contributed by atoms with Crippen LogP contribution in [0, 0.1) is 6.92 Å². The Labute approximate surface area is 136 Å². The van der Waals surface area contributed by atoms with Crippen molar-refractivity contribution in [3.05, 3.63) is 47.9 Å². The van der Waals surface area contributed by atoms with E-state index in [1.165, 1.54) is 11.3 Å². The van der Waals surface area contributed by atoms with Crippen molar-refractivity contribution in [2.24, 2.45) is 4.99 Å². The summed E-state index contributed by atoms with van der Waals surface area (Å²) in [6.45, 7) is 6.65. The van der Waals surface area contributed by atoms with Gasteiger partial charge in [0.15, 0.2) is 5.96 Å². The average molecular weight is 313 g/mol. The first-order valence-electron chi connectivity index (χ1n) is 7.93. The second kappa shape index (κ2) is 7.17. The van der Waals surface area contributed by atoms with Crippen LogP contribution in [0.5, 0.6) is 0 Å². The highest BCUT2D eigenvalue weighted by molar-refractivity contribution is 5.80. The Morgan fingerprint density at radius 2 is 2.09 bits per heavy atom. The molecule has 1 aliphatic rings. The first kappa shape index (κ1) is 15.4. The number of nitrogens with one attached hydrogen (secondary N) is 1. The molecule has 0 bridgehead atoms. The molecule has 1 aliphatic heterocycles. The summed E-state index contributed by atoms with van der Waals surface area (Å²) in [6, 6.07) is 10.5. The molecule has 0 spiro atoms. The molecule has 1 fully saturated rings. The lowest BCUT2D eigenvalue weighted by Crippen LogP contribution is -2.52. The molecule has 0 atom stereocenters. The van der Waals surface area contributed by atoms with Crippen LogP contribution in [0.25, 0.3) is 0 Å². The van der Waals surface area contributed by atoms with Gasteiger partial charge in [0.05, 0.1) is 6.54 Å². The van der Waals surface area contributed by atoms with Crippen molar-refractivity contribution in [3.63, 3.8) is 0 Å². The van der Waals surface area contributed by atoms with E-state index in [1.54, 1.807) is 6.26 Å². The molecule has 0 saturated carbocycles. The molecule has 23 heavy (non-hydrogen) atoms. The van der Waals surface area contributed by atoms with Crippen molar-refractivity contribution in [2.75, 3.05) is 38.1 Å². The molecule has 6 heteroatoms. The number of aliphatic imine (C=N–C) groups is 1. The number of hydrogen-bond donors (Lipinski definition) is 1. The predicted molar refractivity (Wildman–Crippen MR) is 91.7 cm³/mol. The maximum Gasteiger partial charge on any atom is 0.194 e. The van der Waals surface area contributed by atoms with Crippen LogP contribution in [-0.2, 0) is 6.54 Å². The molecule has 6 nitrogen and oxygen atoms in total. The first-order valence-corrected chi connectivity index (χ1v) is 7.93. The third-order valence-electron chi connectivity index (χ3n) is 4.08. The smallest absolute Gasteiger partial charge is 0.194 e. The van der Waals surface area contributed by atoms with Crippen LogP contribution in [-0.4, -0.2) is 49.2 Å². The summed E-state index contributed by atoms with van der Waals surface area (Å²) in [4.78, 5) is 9.09. The summed E-state index contributed by atoms with van der Waals surface area (Å²) >= 11 is 0. The van der Waals surface area contributed by atoms with Crippen LogP contribution in [0.15, 0.2) is 46.1 Å². The minimum Gasteiger partial charge on any atom is -0.368 e. The number of hydrogen-bond acceptors (Lipinski definition) is 4. The zero-order chi connectivity index (χ0) is 16.1. The average Bonchev–Trinajstić information content (AvgIpc) is 3.09. The van der Waals surface area contributed by atoms with E-state index in [0.717, 1.165) is 37.8 Å². The van der Waals surface area contributed by atoms with Crippen LogP contribution in [0.4, 0.5) is 5.69 Å². The Kier molecular flexibility index (Phi) is 4.80. The summed E-state index contributed by atoms with van der Waals surface area (Å²) in [6.07, 6.45) is 1.58. The molecule has 2 heterocycles. The molecular formula is C17H23N5O. The lowest BCUT2D eigenvalue weighted by atomic mass is 10.2. The summed E-state index contributed by atoms with van der Waals surface area (Å²) in [5.74, 6) is 0.914. The van der Waals surface area contributed by atoms with E-state index in [4.69, 9.17) is 4.52 Å². The van der Waals surface area contributed by atoms with Crippen LogP contribution in [0.2, 0.25) is 0 Å². The molecule has 122 valence electrons. The van der Waals surface area contributed by atoms with Gasteiger partial charge in [-0.25, -0.2) is 0 Å². The molecule has 2 aromatic rings. The van der Waals surface area contributed by atoms with Gasteiger partial charge in [-0.3, -0.25) is 4.99 Å². The number of rotatable bonds is 3. The van der Waals surface area contributed by atoms with Crippen molar-refractivity contribution in [1.29, 1.82) is 0 Å². The van der Waals surface area contributed by atoms with Gasteiger partial charge in [-0.15, -0.1) is 0 Å². The van der Waals surface area contributed by atoms with Crippen molar-refractivity contribution in [3.8, 4) is 0 Å². The van der Waals surface area contributed by atoms with E-state index in [-0.39, 0.29) is 0 Å². The number of benzene rings is 1. The van der Waals surface area contributed by atoms with E-state index >= 15 is 0 Å². The van der Waals surface area contributed by atoms with Gasteiger partial charge in [-0.05, 0) is 24.6 Å². The highest BCUT2D eigenvalue weighted by Crippen LogP contribution is 2.17. The predicted octanol–water partition coefficient (Wildman–Crippen LogP) is 1.88. The molecule has 1 aromatic heterocycles. The van der Waals surface area contributed by atoms with Gasteiger partial charge in [0.2, 0.25) is 0 Å². The van der Waals surface area contributed by atoms with Gasteiger partial charge < -0.3 is 19.6 Å². The number of piperazine rings is 1. The molecular weight excluding hydrogens is 290 g/mol. The van der Waals surface area contributed by atoms with Crippen molar-refractivity contribution >= 4 is 11.6 Å². The number of guanidine groups is 1. The van der Waals surface area contributed by atoms with Gasteiger partial charge >= 0.3 is 0 Å². The molecule has 0 amide bonds. The SMILES string of the molecule is CN=C(NCc1ccon1)N1CCN(c2cccc(C)c2)CC1. The minimum absolute atomic E-state index is 0.626. The largest absolute Gasteiger partial charge is 0.368 e. The first-order chi connectivity index (χ1) is 11.3. The van der Waals surface area contributed by atoms with Crippen LogP contribution in [0.3, 0.4) is 0 Å². The zero-order valence-electron chi connectivity index (χ0n) is 13.7. The maximum absolute atomic E-state index is 4.85. The Balaban J connectivity index is 1.55. The van der Waals surface area contributed by atoms with E-state index in [9.17, 15) is 0 Å². The quantitative estimate of drug-likeness (QED) is 0.692. The number of aryl methyl sites for hydroxylation is 1. The lowest BCUT2D eigenvalue weighted by Gasteiger charge is -2.37. The minimum atomic E-state index is 0.626. The van der Waals surface area contributed by atoms with Gasteiger partial charge in [0, 0.05) is 45.0 Å². The van der Waals surface area contributed by atoms with E-state index in [1.807, 2.05) is 13.1 Å². The highest BCUT2D eigenvalue weighted by atomic mass is 16.5. The molecule has 1 aromatic carbocycles. The van der Waals surface area contributed by atoms with Gasteiger partial charge in [-0.1, -0.05) is 17.3 Å². The third-order valence-corrected chi connectivity index (χ3v) is 4.08. The normalized spacial score (nSPS) is 15.8. The van der Waals surface area contributed by atoms with E-state index in [0.29, 0.717) is 6.54 Å². The molecule has 3 rings (SSSR count). The maximum atomic E-state index is 4.85. The Bertz CT molecular complexity index is 645. The summed E-state index contributed by atoms with van der Waals surface area (Å²) < 4.78 is 4.85. The van der Waals surface area contributed by atoms with Crippen molar-refractivity contribution < 1.29 is 4.52 Å². The number of aromatic nitrogens is 1. The molecule has 0 radical (unpaired) electrons. The molecule has 0 unspecified atom stereocenters. The zero-order valence-corrected chi connectivity index (χ0v) is 13.7. The topological polar surface area (TPSA) is 56.9 Å². The second-order valence-electron chi connectivity index (χ2n) is 5.70. The van der Waals surface area contributed by atoms with Crippen LogP contribution >= 0.6 is 0 Å². The second-order valence-corrected chi connectivity index (χ2v) is 5.70. The third kappa shape index (κ3) is 3.83.